The van der Waals surface area contributed by atoms with E-state index < -0.39 is 5.97 Å². The highest BCUT2D eigenvalue weighted by Crippen LogP contribution is 2.28. The molecular formula is C15H20N2O3S. The molecule has 0 fully saturated rings. The molecule has 1 heterocycles. The molecule has 21 heavy (non-hydrogen) atoms. The molecule has 0 saturated heterocycles. The topological polar surface area (TPSA) is 60.9 Å². The van der Waals surface area contributed by atoms with Crippen LogP contribution in [0.3, 0.4) is 0 Å². The predicted octanol–water partition coefficient (Wildman–Crippen LogP) is 2.55. The third-order valence-electron chi connectivity index (χ3n) is 3.63. The van der Waals surface area contributed by atoms with E-state index in [1.165, 1.54) is 0 Å². The Bertz CT molecular complexity index is 548. The first kappa shape index (κ1) is 15.7. The highest BCUT2D eigenvalue weighted by Gasteiger charge is 2.25. The van der Waals surface area contributed by atoms with Crippen LogP contribution in [0.15, 0.2) is 18.2 Å². The number of amides is 2. The van der Waals surface area contributed by atoms with Crippen LogP contribution in [-0.2, 0) is 6.42 Å². The Hall–Kier alpha value is -1.69. The summed E-state index contributed by atoms with van der Waals surface area (Å²) in [5.74, 6) is -0.0284. The molecule has 1 N–H and O–H groups in total. The standard InChI is InChI=1S/C15H20N2O3S/c1-16(8-9-21-2)15(20)17-7-3-4-11-10-12(14(18)19)5-6-13(11)17/h5-6,10H,3-4,7-9H2,1-2H3,(H,18,19). The van der Waals surface area contributed by atoms with Gasteiger partial charge in [0.05, 0.1) is 5.56 Å². The number of carboxylic acid groups (broad SMARTS) is 1. The average molecular weight is 308 g/mol. The number of aryl methyl sites for hydroxylation is 1. The van der Waals surface area contributed by atoms with Crippen molar-refractivity contribution < 1.29 is 14.7 Å². The molecule has 0 spiro atoms. The van der Waals surface area contributed by atoms with Crippen LogP contribution in [0.25, 0.3) is 0 Å². The summed E-state index contributed by atoms with van der Waals surface area (Å²) >= 11 is 1.71. The van der Waals surface area contributed by atoms with Gasteiger partial charge in [0.15, 0.2) is 0 Å². The van der Waals surface area contributed by atoms with E-state index in [1.54, 1.807) is 46.8 Å². The van der Waals surface area contributed by atoms with Crippen molar-refractivity contribution >= 4 is 29.4 Å². The Labute approximate surface area is 128 Å². The number of fused-ring (bicyclic) bond motifs is 1. The second-order valence-electron chi connectivity index (χ2n) is 5.10. The maximum absolute atomic E-state index is 12.5. The summed E-state index contributed by atoms with van der Waals surface area (Å²) < 4.78 is 0. The summed E-state index contributed by atoms with van der Waals surface area (Å²) in [6.07, 6.45) is 3.69. The molecule has 0 unspecified atom stereocenters. The second-order valence-corrected chi connectivity index (χ2v) is 6.09. The molecule has 0 radical (unpaired) electrons. The van der Waals surface area contributed by atoms with Crippen molar-refractivity contribution in [1.82, 2.24) is 4.90 Å². The van der Waals surface area contributed by atoms with Crippen molar-refractivity contribution in [3.63, 3.8) is 0 Å². The van der Waals surface area contributed by atoms with Crippen LogP contribution in [0.1, 0.15) is 22.3 Å². The Balaban J connectivity index is 2.21. The molecule has 2 rings (SSSR count). The third-order valence-corrected chi connectivity index (χ3v) is 4.22. The molecule has 2 amide bonds. The Morgan fingerprint density at radius 2 is 2.19 bits per heavy atom. The molecule has 0 atom stereocenters. The summed E-state index contributed by atoms with van der Waals surface area (Å²) in [5, 5.41) is 9.06. The zero-order valence-electron chi connectivity index (χ0n) is 12.3. The fourth-order valence-electron chi connectivity index (χ4n) is 2.46. The van der Waals surface area contributed by atoms with Gasteiger partial charge in [-0.2, -0.15) is 11.8 Å². The molecule has 1 aliphatic rings. The molecule has 1 aliphatic heterocycles. The highest BCUT2D eigenvalue weighted by atomic mass is 32.2. The lowest BCUT2D eigenvalue weighted by atomic mass is 9.99. The van der Waals surface area contributed by atoms with E-state index in [0.29, 0.717) is 13.1 Å². The Morgan fingerprint density at radius 3 is 2.86 bits per heavy atom. The van der Waals surface area contributed by atoms with Crippen LogP contribution in [0.5, 0.6) is 0 Å². The number of aromatic carboxylic acids is 1. The first-order valence-corrected chi connectivity index (χ1v) is 8.31. The lowest BCUT2D eigenvalue weighted by molar-refractivity contribution is 0.0696. The van der Waals surface area contributed by atoms with Gasteiger partial charge in [-0.3, -0.25) is 4.90 Å². The minimum absolute atomic E-state index is 0.0203. The fraction of sp³-hybridized carbons (Fsp3) is 0.467. The summed E-state index contributed by atoms with van der Waals surface area (Å²) in [6, 6.07) is 4.97. The van der Waals surface area contributed by atoms with Gasteiger partial charge in [-0.25, -0.2) is 9.59 Å². The highest BCUT2D eigenvalue weighted by molar-refractivity contribution is 7.98. The van der Waals surface area contributed by atoms with Crippen LogP contribution in [0.4, 0.5) is 10.5 Å². The Morgan fingerprint density at radius 1 is 1.43 bits per heavy atom. The minimum Gasteiger partial charge on any atom is -0.478 e. The SMILES string of the molecule is CSCCN(C)C(=O)N1CCCc2cc(C(=O)O)ccc21. The summed E-state index contributed by atoms with van der Waals surface area (Å²) in [4.78, 5) is 27.0. The number of benzene rings is 1. The van der Waals surface area contributed by atoms with Crippen molar-refractivity contribution in [3.8, 4) is 0 Å². The molecule has 1 aromatic carbocycles. The molecule has 0 aliphatic carbocycles. The first-order chi connectivity index (χ1) is 10.0. The maximum Gasteiger partial charge on any atom is 0.335 e. The lowest BCUT2D eigenvalue weighted by Crippen LogP contribution is -2.44. The van der Waals surface area contributed by atoms with E-state index in [2.05, 4.69) is 0 Å². The van der Waals surface area contributed by atoms with Crippen LogP contribution in [-0.4, -0.2) is 54.2 Å². The Kier molecular flexibility index (Phi) is 5.12. The largest absolute Gasteiger partial charge is 0.478 e. The van der Waals surface area contributed by atoms with Crippen molar-refractivity contribution in [2.45, 2.75) is 12.8 Å². The summed E-state index contributed by atoms with van der Waals surface area (Å²) in [5.41, 5.74) is 2.05. The normalized spacial score (nSPS) is 13.7. The van der Waals surface area contributed by atoms with Gasteiger partial charge in [0.1, 0.15) is 0 Å². The minimum atomic E-state index is -0.932. The van der Waals surface area contributed by atoms with Crippen LogP contribution < -0.4 is 4.90 Å². The second kappa shape index (κ2) is 6.85. The number of rotatable bonds is 4. The van der Waals surface area contributed by atoms with Crippen LogP contribution in [0, 0.1) is 0 Å². The lowest BCUT2D eigenvalue weighted by Gasteiger charge is -2.33. The molecule has 0 bridgehead atoms. The smallest absolute Gasteiger partial charge is 0.335 e. The van der Waals surface area contributed by atoms with Crippen molar-refractivity contribution in [2.24, 2.45) is 0 Å². The maximum atomic E-state index is 12.5. The van der Waals surface area contributed by atoms with E-state index in [0.717, 1.165) is 29.8 Å². The first-order valence-electron chi connectivity index (χ1n) is 6.92. The van der Waals surface area contributed by atoms with Gasteiger partial charge in [-0.15, -0.1) is 0 Å². The average Bonchev–Trinajstić information content (AvgIpc) is 2.50. The molecule has 0 aromatic heterocycles. The predicted molar refractivity (Wildman–Crippen MR) is 85.5 cm³/mol. The van der Waals surface area contributed by atoms with Gasteiger partial charge in [0.2, 0.25) is 0 Å². The van der Waals surface area contributed by atoms with Crippen LogP contribution in [0.2, 0.25) is 0 Å². The summed E-state index contributed by atoms with van der Waals surface area (Å²) in [7, 11) is 1.80. The van der Waals surface area contributed by atoms with Gasteiger partial charge in [0, 0.05) is 31.6 Å². The number of carbonyl (C=O) groups excluding carboxylic acids is 1. The zero-order valence-corrected chi connectivity index (χ0v) is 13.2. The quantitative estimate of drug-likeness (QED) is 0.928. The van der Waals surface area contributed by atoms with Crippen molar-refractivity contribution in [2.75, 3.05) is 37.0 Å². The number of carbonyl (C=O) groups is 2. The number of hydrogen-bond acceptors (Lipinski definition) is 3. The van der Waals surface area contributed by atoms with Crippen LogP contribution >= 0.6 is 11.8 Å². The van der Waals surface area contributed by atoms with Gasteiger partial charge in [-0.05, 0) is 42.9 Å². The number of thioether (sulfide) groups is 1. The van der Waals surface area contributed by atoms with Gasteiger partial charge in [0.25, 0.3) is 0 Å². The van der Waals surface area contributed by atoms with Gasteiger partial charge in [-0.1, -0.05) is 0 Å². The molecular weight excluding hydrogens is 288 g/mol. The van der Waals surface area contributed by atoms with E-state index in [9.17, 15) is 9.59 Å². The van der Waals surface area contributed by atoms with E-state index in [4.69, 9.17) is 5.11 Å². The number of urea groups is 1. The van der Waals surface area contributed by atoms with Gasteiger partial charge >= 0.3 is 12.0 Å². The number of anilines is 1. The number of nitrogens with zero attached hydrogens (tertiary/aromatic N) is 2. The van der Waals surface area contributed by atoms with Crippen molar-refractivity contribution in [1.29, 1.82) is 0 Å². The number of hydrogen-bond donors (Lipinski definition) is 1. The molecule has 0 saturated carbocycles. The fourth-order valence-corrected chi connectivity index (χ4v) is 2.92. The van der Waals surface area contributed by atoms with E-state index in [-0.39, 0.29) is 11.6 Å². The third kappa shape index (κ3) is 3.50. The molecule has 114 valence electrons. The zero-order chi connectivity index (χ0) is 15.4. The molecule has 6 heteroatoms. The summed E-state index contributed by atoms with van der Waals surface area (Å²) in [6.45, 7) is 1.39. The van der Waals surface area contributed by atoms with E-state index >= 15 is 0 Å². The van der Waals surface area contributed by atoms with Gasteiger partial charge < -0.3 is 10.0 Å². The number of carboxylic acids is 1. The van der Waals surface area contributed by atoms with E-state index in [1.807, 2.05) is 6.26 Å². The van der Waals surface area contributed by atoms with Crippen molar-refractivity contribution in [3.05, 3.63) is 29.3 Å². The molecule has 1 aromatic rings. The molecule has 5 nitrogen and oxygen atoms in total. The monoisotopic (exact) mass is 308 g/mol.